The number of hydrogen-bond donors (Lipinski definition) is 4. The van der Waals surface area contributed by atoms with Crippen molar-refractivity contribution >= 4 is 80.5 Å². The predicted octanol–water partition coefficient (Wildman–Crippen LogP) is 0.394. The highest BCUT2D eigenvalue weighted by Crippen LogP contribution is 2.40. The molecule has 3 aromatic rings. The summed E-state index contributed by atoms with van der Waals surface area (Å²) in [6.45, 7) is 6.10. The molecule has 3 aromatic heterocycles. The first-order valence-electron chi connectivity index (χ1n) is 15.5. The van der Waals surface area contributed by atoms with Crippen molar-refractivity contribution < 1.29 is 38.8 Å². The zero-order valence-electron chi connectivity index (χ0n) is 26.9. The molecule has 262 valence electrons. The van der Waals surface area contributed by atoms with Crippen LogP contribution in [-0.2, 0) is 43.5 Å². The second-order valence-electron chi connectivity index (χ2n) is 11.7. The zero-order chi connectivity index (χ0) is 35.6. The number of aromatic nitrogens is 4. The number of thioether (sulfide) groups is 1. The van der Waals surface area contributed by atoms with Crippen molar-refractivity contribution in [2.45, 2.75) is 83.1 Å². The van der Waals surface area contributed by atoms with Crippen molar-refractivity contribution in [3.63, 3.8) is 0 Å². The number of nitrogens with one attached hydrogen (secondary N) is 1. The van der Waals surface area contributed by atoms with Gasteiger partial charge in [0.05, 0.1) is 17.9 Å². The largest absolute Gasteiger partial charge is 0.543 e. The quantitative estimate of drug-likeness (QED) is 0.0719. The number of carbonyl (C=O) groups excluding carboxylic acids is 3. The van der Waals surface area contributed by atoms with Crippen molar-refractivity contribution in [3.8, 4) is 0 Å². The lowest BCUT2D eigenvalue weighted by Crippen LogP contribution is -2.71. The first-order valence-corrected chi connectivity index (χ1v) is 17.8. The van der Waals surface area contributed by atoms with Crippen LogP contribution >= 0.6 is 34.7 Å². The molecular formula is C30H36ClN9O7S2. The number of imidazole rings is 1. The highest BCUT2D eigenvalue weighted by molar-refractivity contribution is 8.00. The Labute approximate surface area is 294 Å². The van der Waals surface area contributed by atoms with Gasteiger partial charge in [-0.05, 0) is 43.8 Å². The molecule has 19 heteroatoms. The van der Waals surface area contributed by atoms with Gasteiger partial charge in [-0.2, -0.15) is 0 Å². The summed E-state index contributed by atoms with van der Waals surface area (Å²) in [5, 5.41) is 27.1. The number of carbonyl (C=O) groups is 4. The molecule has 1 unspecified atom stereocenters. The van der Waals surface area contributed by atoms with E-state index in [0.717, 1.165) is 53.3 Å². The third-order valence-electron chi connectivity index (χ3n) is 8.00. The monoisotopic (exact) mass is 733 g/mol. The van der Waals surface area contributed by atoms with Crippen molar-refractivity contribution in [1.29, 1.82) is 0 Å². The second kappa shape index (κ2) is 15.1. The number of fused-ring (bicyclic) bond motifs is 2. The Bertz CT molecular complexity index is 1860. The molecule has 1 saturated heterocycles. The highest BCUT2D eigenvalue weighted by Gasteiger charge is 2.53. The minimum Gasteiger partial charge on any atom is -0.543 e. The molecule has 49 heavy (non-hydrogen) atoms. The summed E-state index contributed by atoms with van der Waals surface area (Å²) in [4.78, 5) is 65.6. The van der Waals surface area contributed by atoms with Gasteiger partial charge in [-0.25, -0.2) is 14.3 Å². The lowest BCUT2D eigenvalue weighted by Gasteiger charge is -2.50. The minimum atomic E-state index is -1.53. The first-order chi connectivity index (χ1) is 23.3. The van der Waals surface area contributed by atoms with Crippen LogP contribution in [0.15, 0.2) is 34.8 Å². The number of nitrogens with zero attached hydrogens (tertiary/aromatic N) is 6. The first kappa shape index (κ1) is 36.0. The lowest BCUT2D eigenvalue weighted by molar-refractivity contribution is -0.664. The Balaban J connectivity index is 1.40. The smallest absolute Gasteiger partial charge is 0.349 e. The van der Waals surface area contributed by atoms with E-state index in [1.54, 1.807) is 0 Å². The molecule has 16 nitrogen and oxygen atoms in total. The van der Waals surface area contributed by atoms with Crippen LogP contribution in [0.5, 0.6) is 0 Å². The van der Waals surface area contributed by atoms with E-state index in [-0.39, 0.29) is 39.2 Å². The fourth-order valence-electron chi connectivity index (χ4n) is 5.46. The normalized spacial score (nSPS) is 19.0. The number of thiazole rings is 1. The van der Waals surface area contributed by atoms with Gasteiger partial charge in [-0.3, -0.25) is 14.5 Å². The molecule has 0 spiro atoms. The van der Waals surface area contributed by atoms with E-state index in [1.807, 2.05) is 29.8 Å². The van der Waals surface area contributed by atoms with Crippen molar-refractivity contribution in [2.24, 2.45) is 10.9 Å². The molecule has 2 aliphatic rings. The maximum Gasteiger partial charge on any atom is 0.349 e. The van der Waals surface area contributed by atoms with Crippen LogP contribution in [0.25, 0.3) is 11.2 Å². The fourth-order valence-corrected chi connectivity index (χ4v) is 7.72. The number of oxime groups is 1. The number of β-lactam (4-membered cyclic amide) rings is 1. The molecule has 0 saturated carbocycles. The number of unbranched alkanes of at least 4 members (excludes halogenated alkanes) is 1. The number of pyridine rings is 1. The molecule has 4 atom stereocenters. The van der Waals surface area contributed by atoms with Crippen LogP contribution < -0.4 is 26.5 Å². The summed E-state index contributed by atoms with van der Waals surface area (Å²) >= 11 is 8.32. The van der Waals surface area contributed by atoms with Gasteiger partial charge in [0, 0.05) is 30.3 Å². The van der Waals surface area contributed by atoms with Crippen LogP contribution in [0.2, 0.25) is 4.34 Å². The van der Waals surface area contributed by atoms with Crippen molar-refractivity contribution in [2.75, 3.05) is 11.5 Å². The topological polar surface area (TPSA) is 235 Å². The summed E-state index contributed by atoms with van der Waals surface area (Å²) in [7, 11) is 0. The summed E-state index contributed by atoms with van der Waals surface area (Å²) in [5.74, 6) is -3.36. The number of aliphatic carboxylic acids is 2. The van der Waals surface area contributed by atoms with Crippen LogP contribution in [0.3, 0.4) is 0 Å². The maximum absolute atomic E-state index is 13.4. The number of halogens is 1. The van der Waals surface area contributed by atoms with Crippen LogP contribution in [0.4, 0.5) is 5.13 Å². The van der Waals surface area contributed by atoms with E-state index in [2.05, 4.69) is 26.9 Å². The number of nitrogen functional groups attached to an aromatic ring is 1. The number of aryl methyl sites for hydroxylation is 2. The molecule has 5 rings (SSSR count). The summed E-state index contributed by atoms with van der Waals surface area (Å²) in [5.41, 5.74) is 12.9. The number of rotatable bonds is 15. The standard InChI is InChI=1S/C30H36ClN9O7S2/c1-4-5-8-18-34-24-17(39(18)11-9-14(2)32)7-6-10-38(24)12-16-13-48-27-21(26(42)40(27)22(16)29(45)46)35-25(41)20(37-47-15(3)28(43)44)19-23(31)49-30(33)36-19/h6-7,10,14-15,21,27H,4-5,8-9,11-13,32H2,1-3H3,(H4-,33,35,36,41,43,44,45,46)/b37-20-/t14-,15-,21+,27?/m0/s1. The third kappa shape index (κ3) is 7.51. The average molecular weight is 734 g/mol. The predicted molar refractivity (Wildman–Crippen MR) is 180 cm³/mol. The van der Waals surface area contributed by atoms with Crippen molar-refractivity contribution in [1.82, 2.24) is 24.8 Å². The van der Waals surface area contributed by atoms with Crippen LogP contribution in [0, 0.1) is 0 Å². The van der Waals surface area contributed by atoms with Gasteiger partial charge in [0.15, 0.2) is 10.8 Å². The molecule has 2 aliphatic heterocycles. The number of amides is 2. The number of hydrogen-bond acceptors (Lipinski definition) is 13. The van der Waals surface area contributed by atoms with Gasteiger partial charge in [-0.15, -0.1) is 11.8 Å². The average Bonchev–Trinajstić information content (AvgIpc) is 3.59. The number of nitrogens with two attached hydrogens (primary N) is 2. The minimum absolute atomic E-state index is 0.00900. The molecule has 0 radical (unpaired) electrons. The van der Waals surface area contributed by atoms with E-state index >= 15 is 0 Å². The Morgan fingerprint density at radius 1 is 1.33 bits per heavy atom. The van der Waals surface area contributed by atoms with Gasteiger partial charge < -0.3 is 41.2 Å². The molecule has 5 heterocycles. The molecule has 0 aliphatic carbocycles. The Morgan fingerprint density at radius 2 is 2.08 bits per heavy atom. The van der Waals surface area contributed by atoms with Gasteiger partial charge in [-0.1, -0.05) is 41.4 Å². The van der Waals surface area contributed by atoms with Gasteiger partial charge in [0.2, 0.25) is 11.9 Å². The van der Waals surface area contributed by atoms with E-state index in [0.29, 0.717) is 17.8 Å². The van der Waals surface area contributed by atoms with Crippen LogP contribution in [-0.4, -0.2) is 83.3 Å². The Kier molecular flexibility index (Phi) is 11.1. The summed E-state index contributed by atoms with van der Waals surface area (Å²) in [6.07, 6.45) is 3.90. The van der Waals surface area contributed by atoms with E-state index in [9.17, 15) is 24.3 Å². The van der Waals surface area contributed by atoms with Gasteiger partial charge in [0.25, 0.3) is 11.8 Å². The Hall–Kier alpha value is -4.26. The molecule has 0 bridgehead atoms. The number of carboxylic acid groups (broad SMARTS) is 2. The third-order valence-corrected chi connectivity index (χ3v) is 10.4. The second-order valence-corrected chi connectivity index (χ2v) is 14.4. The maximum atomic E-state index is 13.4. The highest BCUT2D eigenvalue weighted by atomic mass is 35.5. The fraction of sp³-hybridized carbons (Fsp3) is 0.467. The number of carboxylic acids is 2. The van der Waals surface area contributed by atoms with E-state index < -0.39 is 47.0 Å². The van der Waals surface area contributed by atoms with E-state index in [1.165, 1.54) is 18.7 Å². The summed E-state index contributed by atoms with van der Waals surface area (Å²) in [6, 6.07) is 2.70. The Morgan fingerprint density at radius 3 is 2.71 bits per heavy atom. The molecular weight excluding hydrogens is 698 g/mol. The molecule has 0 aromatic carbocycles. The van der Waals surface area contributed by atoms with Crippen molar-refractivity contribution in [3.05, 3.63) is 45.5 Å². The number of anilines is 1. The van der Waals surface area contributed by atoms with Crippen LogP contribution in [0.1, 0.15) is 51.6 Å². The summed E-state index contributed by atoms with van der Waals surface area (Å²) < 4.78 is 4.01. The zero-order valence-corrected chi connectivity index (χ0v) is 29.3. The van der Waals surface area contributed by atoms with Gasteiger partial charge in [0.1, 0.15) is 33.5 Å². The van der Waals surface area contributed by atoms with E-state index in [4.69, 9.17) is 38.0 Å². The van der Waals surface area contributed by atoms with Gasteiger partial charge >= 0.3 is 11.6 Å². The molecule has 2 amide bonds. The SMILES string of the molecule is CCCCc1nc2c(ccc[n+]2CC2=C(C(=O)[O-])N3C(=O)[C@@H](NC(=O)/C(=N\O[C@@H](C)C(=O)O)c4nc(N)sc4Cl)C3SC2)n1CC[C@H](C)N. The molecule has 6 N–H and O–H groups in total. The lowest BCUT2D eigenvalue weighted by atomic mass is 10.0. The molecule has 1 fully saturated rings.